The molecule has 1 heterocycles. The summed E-state index contributed by atoms with van der Waals surface area (Å²) < 4.78 is 31.9. The molecule has 0 aromatic heterocycles. The van der Waals surface area contributed by atoms with Crippen LogP contribution in [0.4, 0.5) is 0 Å². The van der Waals surface area contributed by atoms with Gasteiger partial charge in [0.05, 0.1) is 28.7 Å². The fraction of sp³-hybridized carbons (Fsp3) is 0.462. The molecule has 1 aliphatic rings. The quantitative estimate of drug-likeness (QED) is 0.820. The van der Waals surface area contributed by atoms with Gasteiger partial charge in [-0.15, -0.1) is 0 Å². The molecule has 0 saturated carbocycles. The van der Waals surface area contributed by atoms with E-state index in [1.165, 1.54) is 28.6 Å². The van der Waals surface area contributed by atoms with Gasteiger partial charge in [0.1, 0.15) is 0 Å². The summed E-state index contributed by atoms with van der Waals surface area (Å²) in [6.07, 6.45) is 0. The van der Waals surface area contributed by atoms with Crippen LogP contribution in [0, 0.1) is 11.3 Å². The van der Waals surface area contributed by atoms with E-state index >= 15 is 0 Å². The molecule has 6 heteroatoms. The Balaban J connectivity index is 2.29. The molecule has 0 aliphatic carbocycles. The van der Waals surface area contributed by atoms with Crippen LogP contribution in [0.25, 0.3) is 0 Å². The standard InChI is InChI=1S/C13H16N2O3S/c1-13(2)10-15(7-8-18-13)19(16,17)12-5-3-11(9-14)4-6-12/h3-6H,7-8,10H2,1-2H3. The number of morpholine rings is 1. The Kier molecular flexibility index (Phi) is 3.63. The van der Waals surface area contributed by atoms with Crippen molar-refractivity contribution in [2.75, 3.05) is 19.7 Å². The zero-order valence-corrected chi connectivity index (χ0v) is 11.8. The second kappa shape index (κ2) is 4.93. The number of benzene rings is 1. The lowest BCUT2D eigenvalue weighted by atomic mass is 10.1. The fourth-order valence-electron chi connectivity index (χ4n) is 2.03. The van der Waals surface area contributed by atoms with E-state index in [0.717, 1.165) is 0 Å². The minimum atomic E-state index is -3.51. The van der Waals surface area contributed by atoms with Crippen molar-refractivity contribution >= 4 is 10.0 Å². The molecule has 5 nitrogen and oxygen atoms in total. The van der Waals surface area contributed by atoms with Gasteiger partial charge < -0.3 is 4.74 Å². The van der Waals surface area contributed by atoms with Gasteiger partial charge in [-0.05, 0) is 38.1 Å². The van der Waals surface area contributed by atoms with Crippen LogP contribution >= 0.6 is 0 Å². The highest BCUT2D eigenvalue weighted by Gasteiger charge is 2.34. The summed E-state index contributed by atoms with van der Waals surface area (Å²) in [5.41, 5.74) is -0.0287. The number of nitriles is 1. The largest absolute Gasteiger partial charge is 0.373 e. The third-order valence-electron chi connectivity index (χ3n) is 3.01. The lowest BCUT2D eigenvalue weighted by Gasteiger charge is -2.37. The summed E-state index contributed by atoms with van der Waals surface area (Å²) in [6, 6.07) is 7.93. The van der Waals surface area contributed by atoms with Gasteiger partial charge in [0.2, 0.25) is 10.0 Å². The van der Waals surface area contributed by atoms with E-state index in [1.54, 1.807) is 0 Å². The van der Waals surface area contributed by atoms with Crippen molar-refractivity contribution in [3.05, 3.63) is 29.8 Å². The monoisotopic (exact) mass is 280 g/mol. The van der Waals surface area contributed by atoms with E-state index < -0.39 is 15.6 Å². The Bertz CT molecular complexity index is 600. The minimum absolute atomic E-state index is 0.212. The predicted molar refractivity (Wildman–Crippen MR) is 69.9 cm³/mol. The van der Waals surface area contributed by atoms with Gasteiger partial charge in [-0.2, -0.15) is 9.57 Å². The van der Waals surface area contributed by atoms with Gasteiger partial charge in [0.25, 0.3) is 0 Å². The molecule has 2 rings (SSSR count). The van der Waals surface area contributed by atoms with Crippen LogP contribution in [0.2, 0.25) is 0 Å². The van der Waals surface area contributed by atoms with E-state index in [1.807, 2.05) is 19.9 Å². The van der Waals surface area contributed by atoms with Crippen LogP contribution < -0.4 is 0 Å². The Morgan fingerprint density at radius 2 is 1.95 bits per heavy atom. The smallest absolute Gasteiger partial charge is 0.243 e. The van der Waals surface area contributed by atoms with Crippen LogP contribution in [-0.2, 0) is 14.8 Å². The Labute approximate surface area is 113 Å². The van der Waals surface area contributed by atoms with Crippen molar-refractivity contribution in [2.24, 2.45) is 0 Å². The molecule has 102 valence electrons. The van der Waals surface area contributed by atoms with E-state index in [0.29, 0.717) is 25.3 Å². The zero-order chi connectivity index (χ0) is 14.1. The SMILES string of the molecule is CC1(C)CN(S(=O)(=O)c2ccc(C#N)cc2)CCO1. The van der Waals surface area contributed by atoms with Crippen LogP contribution in [0.3, 0.4) is 0 Å². The maximum absolute atomic E-state index is 12.5. The van der Waals surface area contributed by atoms with Gasteiger partial charge in [0, 0.05) is 13.1 Å². The number of ether oxygens (including phenoxy) is 1. The van der Waals surface area contributed by atoms with Crippen molar-refractivity contribution in [2.45, 2.75) is 24.3 Å². The van der Waals surface area contributed by atoms with Gasteiger partial charge in [-0.1, -0.05) is 0 Å². The third kappa shape index (κ3) is 2.95. The molecular formula is C13H16N2O3S. The Morgan fingerprint density at radius 1 is 1.32 bits per heavy atom. The van der Waals surface area contributed by atoms with Crippen molar-refractivity contribution < 1.29 is 13.2 Å². The van der Waals surface area contributed by atoms with Crippen molar-refractivity contribution in [3.8, 4) is 6.07 Å². The minimum Gasteiger partial charge on any atom is -0.373 e. The predicted octanol–water partition coefficient (Wildman–Crippen LogP) is 1.36. The zero-order valence-electron chi connectivity index (χ0n) is 11.0. The van der Waals surface area contributed by atoms with Crippen molar-refractivity contribution in [1.82, 2.24) is 4.31 Å². The molecule has 0 amide bonds. The fourth-order valence-corrected chi connectivity index (χ4v) is 3.60. The maximum Gasteiger partial charge on any atom is 0.243 e. The van der Waals surface area contributed by atoms with Crippen LogP contribution in [0.1, 0.15) is 19.4 Å². The summed E-state index contributed by atoms with van der Waals surface area (Å²) in [7, 11) is -3.51. The molecule has 1 saturated heterocycles. The van der Waals surface area contributed by atoms with Crippen LogP contribution in [-0.4, -0.2) is 38.0 Å². The average molecular weight is 280 g/mol. The molecule has 0 radical (unpaired) electrons. The summed E-state index contributed by atoms with van der Waals surface area (Å²) in [6.45, 7) is 4.81. The molecule has 0 N–H and O–H groups in total. The first-order valence-corrected chi connectivity index (χ1v) is 7.43. The van der Waals surface area contributed by atoms with Gasteiger partial charge in [-0.25, -0.2) is 8.42 Å². The molecule has 1 fully saturated rings. The van der Waals surface area contributed by atoms with Crippen molar-refractivity contribution in [3.63, 3.8) is 0 Å². The molecule has 1 aliphatic heterocycles. The summed E-state index contributed by atoms with van der Waals surface area (Å²) in [5.74, 6) is 0. The van der Waals surface area contributed by atoms with Crippen LogP contribution in [0.5, 0.6) is 0 Å². The summed E-state index contributed by atoms with van der Waals surface area (Å²) >= 11 is 0. The first-order valence-electron chi connectivity index (χ1n) is 5.99. The van der Waals surface area contributed by atoms with E-state index in [-0.39, 0.29) is 4.90 Å². The first kappa shape index (κ1) is 14.0. The van der Waals surface area contributed by atoms with E-state index in [9.17, 15) is 8.42 Å². The highest BCUT2D eigenvalue weighted by atomic mass is 32.2. The van der Waals surface area contributed by atoms with E-state index in [2.05, 4.69) is 0 Å². The molecule has 19 heavy (non-hydrogen) atoms. The van der Waals surface area contributed by atoms with E-state index in [4.69, 9.17) is 10.00 Å². The van der Waals surface area contributed by atoms with Crippen LogP contribution in [0.15, 0.2) is 29.2 Å². The number of hydrogen-bond acceptors (Lipinski definition) is 4. The van der Waals surface area contributed by atoms with Crippen molar-refractivity contribution in [1.29, 1.82) is 5.26 Å². The third-order valence-corrected chi connectivity index (χ3v) is 4.87. The molecule has 1 aromatic rings. The molecule has 0 spiro atoms. The van der Waals surface area contributed by atoms with Gasteiger partial charge in [0.15, 0.2) is 0 Å². The molecular weight excluding hydrogens is 264 g/mol. The number of hydrogen-bond donors (Lipinski definition) is 0. The molecule has 1 aromatic carbocycles. The second-order valence-corrected chi connectivity index (χ2v) is 7.02. The molecule has 0 bridgehead atoms. The lowest BCUT2D eigenvalue weighted by Crippen LogP contribution is -2.50. The highest BCUT2D eigenvalue weighted by Crippen LogP contribution is 2.23. The Morgan fingerprint density at radius 3 is 2.47 bits per heavy atom. The number of rotatable bonds is 2. The Hall–Kier alpha value is -1.42. The topological polar surface area (TPSA) is 70.4 Å². The maximum atomic E-state index is 12.5. The number of sulfonamides is 1. The molecule has 0 unspecified atom stereocenters. The summed E-state index contributed by atoms with van der Waals surface area (Å²) in [5, 5.41) is 8.72. The summed E-state index contributed by atoms with van der Waals surface area (Å²) in [4.78, 5) is 0.212. The number of nitrogens with zero attached hydrogens (tertiary/aromatic N) is 2. The molecule has 0 atom stereocenters. The van der Waals surface area contributed by atoms with Gasteiger partial charge >= 0.3 is 0 Å². The lowest BCUT2D eigenvalue weighted by molar-refractivity contribution is -0.0640. The second-order valence-electron chi connectivity index (χ2n) is 5.08. The average Bonchev–Trinajstić information content (AvgIpc) is 2.37. The highest BCUT2D eigenvalue weighted by molar-refractivity contribution is 7.89. The normalized spacial score (nSPS) is 19.8. The first-order chi connectivity index (χ1) is 8.85. The van der Waals surface area contributed by atoms with Gasteiger partial charge in [-0.3, -0.25) is 0 Å².